The second kappa shape index (κ2) is 5.44. The van der Waals surface area contributed by atoms with Crippen molar-refractivity contribution >= 4 is 10.0 Å². The number of sulfonamides is 1. The van der Waals surface area contributed by atoms with Gasteiger partial charge in [0.2, 0.25) is 10.0 Å². The lowest BCUT2D eigenvalue weighted by molar-refractivity contribution is -0.0590. The van der Waals surface area contributed by atoms with Crippen molar-refractivity contribution in [1.82, 2.24) is 4.31 Å². The molecule has 0 spiro atoms. The Balaban J connectivity index is 2.37. The summed E-state index contributed by atoms with van der Waals surface area (Å²) in [6.07, 6.45) is -0.247. The minimum absolute atomic E-state index is 0.247. The van der Waals surface area contributed by atoms with Crippen LogP contribution in [0.1, 0.15) is 19.4 Å². The molecule has 1 aromatic rings. The van der Waals surface area contributed by atoms with E-state index < -0.39 is 15.6 Å². The summed E-state index contributed by atoms with van der Waals surface area (Å²) in [5.41, 5.74) is 6.07. The Kier molecular flexibility index (Phi) is 4.20. The molecule has 5 nitrogen and oxygen atoms in total. The molecule has 0 amide bonds. The summed E-state index contributed by atoms with van der Waals surface area (Å²) in [7, 11) is -3.53. The predicted octanol–water partition coefficient (Wildman–Crippen LogP) is 1.12. The van der Waals surface area contributed by atoms with E-state index >= 15 is 0 Å². The number of benzene rings is 1. The first kappa shape index (κ1) is 15.4. The summed E-state index contributed by atoms with van der Waals surface area (Å²) in [5, 5.41) is 0. The molecule has 1 atom stereocenters. The van der Waals surface area contributed by atoms with Crippen LogP contribution in [0.15, 0.2) is 29.2 Å². The minimum atomic E-state index is -3.53. The molecule has 0 aromatic heterocycles. The first-order chi connectivity index (χ1) is 9.27. The highest BCUT2D eigenvalue weighted by atomic mass is 32.2. The molecular formula is C14H22N2O3S. The van der Waals surface area contributed by atoms with Gasteiger partial charge in [0.25, 0.3) is 0 Å². The number of hydrogen-bond acceptors (Lipinski definition) is 4. The van der Waals surface area contributed by atoms with Crippen LogP contribution in [0.3, 0.4) is 0 Å². The van der Waals surface area contributed by atoms with E-state index in [1.54, 1.807) is 24.3 Å². The van der Waals surface area contributed by atoms with Crippen molar-refractivity contribution in [3.05, 3.63) is 29.8 Å². The third-order valence-corrected chi connectivity index (χ3v) is 5.68. The quantitative estimate of drug-likeness (QED) is 0.907. The Hall–Kier alpha value is -0.950. The fourth-order valence-electron chi connectivity index (χ4n) is 2.28. The lowest BCUT2D eigenvalue weighted by atomic mass is 10.0. The maximum absolute atomic E-state index is 12.8. The largest absolute Gasteiger partial charge is 0.374 e. The van der Waals surface area contributed by atoms with Crippen LogP contribution in [-0.2, 0) is 14.8 Å². The van der Waals surface area contributed by atoms with Gasteiger partial charge in [-0.3, -0.25) is 0 Å². The minimum Gasteiger partial charge on any atom is -0.374 e. The maximum atomic E-state index is 12.8. The molecule has 1 heterocycles. The van der Waals surface area contributed by atoms with Crippen LogP contribution < -0.4 is 5.73 Å². The van der Waals surface area contributed by atoms with E-state index in [-0.39, 0.29) is 6.10 Å². The molecule has 0 radical (unpaired) electrons. The molecule has 0 aliphatic carbocycles. The summed E-state index contributed by atoms with van der Waals surface area (Å²) in [6.45, 7) is 6.62. The summed E-state index contributed by atoms with van der Waals surface area (Å²) in [5.74, 6) is 0. The first-order valence-corrected chi connectivity index (χ1v) is 8.12. The molecule has 0 bridgehead atoms. The fraction of sp³-hybridized carbons (Fsp3) is 0.571. The number of nitrogens with zero attached hydrogens (tertiary/aromatic N) is 1. The van der Waals surface area contributed by atoms with Crippen LogP contribution >= 0.6 is 0 Å². The molecule has 1 fully saturated rings. The van der Waals surface area contributed by atoms with Crippen molar-refractivity contribution in [2.75, 3.05) is 19.7 Å². The van der Waals surface area contributed by atoms with Crippen LogP contribution in [0.4, 0.5) is 0 Å². The lowest BCUT2D eigenvalue weighted by Gasteiger charge is -2.43. The molecule has 20 heavy (non-hydrogen) atoms. The molecule has 2 N–H and O–H groups in total. The highest BCUT2D eigenvalue weighted by molar-refractivity contribution is 7.89. The topological polar surface area (TPSA) is 72.6 Å². The van der Waals surface area contributed by atoms with Gasteiger partial charge in [-0.25, -0.2) is 8.42 Å². The zero-order chi connectivity index (χ0) is 15.0. The van der Waals surface area contributed by atoms with Gasteiger partial charge in [0.15, 0.2) is 0 Å². The van der Waals surface area contributed by atoms with Crippen molar-refractivity contribution in [3.8, 4) is 0 Å². The van der Waals surface area contributed by atoms with Crippen LogP contribution in [0, 0.1) is 6.92 Å². The van der Waals surface area contributed by atoms with Gasteiger partial charge in [-0.1, -0.05) is 17.7 Å². The van der Waals surface area contributed by atoms with Crippen molar-refractivity contribution in [2.24, 2.45) is 5.73 Å². The van der Waals surface area contributed by atoms with Gasteiger partial charge in [0.1, 0.15) is 0 Å². The van der Waals surface area contributed by atoms with E-state index in [0.29, 0.717) is 24.6 Å². The van der Waals surface area contributed by atoms with Gasteiger partial charge in [0.05, 0.1) is 23.1 Å². The van der Waals surface area contributed by atoms with Crippen molar-refractivity contribution in [2.45, 2.75) is 37.3 Å². The number of hydrogen-bond donors (Lipinski definition) is 1. The Bertz CT molecular complexity index is 567. The van der Waals surface area contributed by atoms with Gasteiger partial charge in [-0.15, -0.1) is 0 Å². The van der Waals surface area contributed by atoms with E-state index in [1.807, 2.05) is 20.8 Å². The second-order valence-electron chi connectivity index (χ2n) is 5.83. The van der Waals surface area contributed by atoms with Gasteiger partial charge in [-0.05, 0) is 32.9 Å². The molecule has 1 aliphatic heterocycles. The van der Waals surface area contributed by atoms with E-state index in [2.05, 4.69) is 0 Å². The van der Waals surface area contributed by atoms with Gasteiger partial charge >= 0.3 is 0 Å². The van der Waals surface area contributed by atoms with E-state index in [9.17, 15) is 8.42 Å². The normalized spacial score (nSPS) is 23.7. The summed E-state index contributed by atoms with van der Waals surface area (Å²) in [6, 6.07) is 6.91. The van der Waals surface area contributed by atoms with E-state index in [0.717, 1.165) is 5.56 Å². The smallest absolute Gasteiger partial charge is 0.243 e. The van der Waals surface area contributed by atoms with Crippen LogP contribution in [0.25, 0.3) is 0 Å². The number of ether oxygens (including phenoxy) is 1. The average molecular weight is 298 g/mol. The summed E-state index contributed by atoms with van der Waals surface area (Å²) >= 11 is 0. The summed E-state index contributed by atoms with van der Waals surface area (Å²) in [4.78, 5) is 0.314. The molecule has 6 heteroatoms. The van der Waals surface area contributed by atoms with Crippen LogP contribution in [0.2, 0.25) is 0 Å². The number of nitrogens with two attached hydrogens (primary N) is 1. The van der Waals surface area contributed by atoms with E-state index in [4.69, 9.17) is 10.5 Å². The number of rotatable bonds is 3. The zero-order valence-corrected chi connectivity index (χ0v) is 13.0. The standard InChI is InChI=1S/C14H22N2O3S/c1-11-4-6-13(7-5-11)20(17,18)16-9-12(8-15)19-10-14(16,2)3/h4-7,12H,8-10,15H2,1-3H3. The van der Waals surface area contributed by atoms with Crippen molar-refractivity contribution in [1.29, 1.82) is 0 Å². The Morgan fingerprint density at radius 1 is 1.35 bits per heavy atom. The molecule has 112 valence electrons. The maximum Gasteiger partial charge on any atom is 0.243 e. The molecule has 1 unspecified atom stereocenters. The van der Waals surface area contributed by atoms with Gasteiger partial charge < -0.3 is 10.5 Å². The first-order valence-electron chi connectivity index (χ1n) is 6.68. The van der Waals surface area contributed by atoms with Crippen LogP contribution in [0.5, 0.6) is 0 Å². The van der Waals surface area contributed by atoms with Crippen LogP contribution in [-0.4, -0.2) is 44.1 Å². The molecule has 1 saturated heterocycles. The summed E-state index contributed by atoms with van der Waals surface area (Å²) < 4.78 is 32.7. The lowest BCUT2D eigenvalue weighted by Crippen LogP contribution is -2.59. The third-order valence-electron chi connectivity index (χ3n) is 3.59. The SMILES string of the molecule is Cc1ccc(S(=O)(=O)N2CC(CN)OCC2(C)C)cc1. The number of aryl methyl sites for hydroxylation is 1. The van der Waals surface area contributed by atoms with Crippen molar-refractivity contribution in [3.63, 3.8) is 0 Å². The molecular weight excluding hydrogens is 276 g/mol. The van der Waals surface area contributed by atoms with Crippen molar-refractivity contribution < 1.29 is 13.2 Å². The molecule has 0 saturated carbocycles. The monoisotopic (exact) mass is 298 g/mol. The third kappa shape index (κ3) is 2.88. The second-order valence-corrected chi connectivity index (χ2v) is 7.69. The molecule has 2 rings (SSSR count). The highest BCUT2D eigenvalue weighted by Gasteiger charge is 2.42. The zero-order valence-electron chi connectivity index (χ0n) is 12.2. The Morgan fingerprint density at radius 2 is 1.95 bits per heavy atom. The van der Waals surface area contributed by atoms with Gasteiger partial charge in [-0.2, -0.15) is 4.31 Å². The highest BCUT2D eigenvalue weighted by Crippen LogP contribution is 2.29. The Labute approximate surface area is 120 Å². The Morgan fingerprint density at radius 3 is 2.50 bits per heavy atom. The molecule has 1 aromatic carbocycles. The fourth-order valence-corrected chi connectivity index (χ4v) is 4.08. The van der Waals surface area contributed by atoms with E-state index in [1.165, 1.54) is 4.31 Å². The van der Waals surface area contributed by atoms with Gasteiger partial charge in [0, 0.05) is 13.1 Å². The average Bonchev–Trinajstić information content (AvgIpc) is 2.38. The molecule has 1 aliphatic rings. The number of morpholine rings is 1. The predicted molar refractivity (Wildman–Crippen MR) is 77.9 cm³/mol.